The van der Waals surface area contributed by atoms with E-state index in [1.165, 1.54) is 6.20 Å². The van der Waals surface area contributed by atoms with Gasteiger partial charge < -0.3 is 20.6 Å². The summed E-state index contributed by atoms with van der Waals surface area (Å²) in [6.45, 7) is 5.73. The van der Waals surface area contributed by atoms with Crippen LogP contribution in [0.2, 0.25) is 5.02 Å². The maximum atomic E-state index is 15.2. The van der Waals surface area contributed by atoms with E-state index in [9.17, 15) is 9.90 Å². The van der Waals surface area contributed by atoms with Crippen molar-refractivity contribution in [2.45, 2.75) is 51.2 Å². The number of halogens is 2. The van der Waals surface area contributed by atoms with Crippen molar-refractivity contribution in [3.05, 3.63) is 52.1 Å². The van der Waals surface area contributed by atoms with E-state index in [0.717, 1.165) is 36.2 Å². The van der Waals surface area contributed by atoms with Gasteiger partial charge in [0.1, 0.15) is 16.9 Å². The maximum absolute atomic E-state index is 15.2. The smallest absolute Gasteiger partial charge is 0.242 e. The van der Waals surface area contributed by atoms with Crippen molar-refractivity contribution in [2.75, 3.05) is 37.3 Å². The van der Waals surface area contributed by atoms with Gasteiger partial charge in [0, 0.05) is 31.4 Å². The van der Waals surface area contributed by atoms with Crippen LogP contribution in [0.5, 0.6) is 0 Å². The first-order valence-electron chi connectivity index (χ1n) is 12.8. The minimum Gasteiger partial charge on any atom is -0.391 e. The number of rotatable bonds is 6. The number of hydrogen-bond acceptors (Lipinski definition) is 8. The number of likely N-dealkylation sites (N-methyl/N-ethyl adjacent to an activating group) is 1. The SMILES string of the molecule is Cc1cc(Nc2nc(Nc3cc(C)c(C4CCN(C(=O)[C@@H]5[C@@H](O)CCN5C)CC4)cc3F)ncc2Cl)n[nH]1. The number of likely N-dealkylation sites (tertiary alicyclic amines) is 2. The number of carbonyl (C=O) groups is 1. The Morgan fingerprint density at radius 1 is 1.16 bits per heavy atom. The first kappa shape index (κ1) is 26.3. The summed E-state index contributed by atoms with van der Waals surface area (Å²) in [5.41, 5.74) is 3.03. The zero-order chi connectivity index (χ0) is 27.0. The summed E-state index contributed by atoms with van der Waals surface area (Å²) in [6, 6.07) is 4.67. The van der Waals surface area contributed by atoms with Gasteiger partial charge in [-0.25, -0.2) is 9.37 Å². The summed E-state index contributed by atoms with van der Waals surface area (Å²) < 4.78 is 15.2. The molecule has 4 N–H and O–H groups in total. The number of piperidine rings is 1. The van der Waals surface area contributed by atoms with Gasteiger partial charge in [-0.2, -0.15) is 10.1 Å². The van der Waals surface area contributed by atoms with Crippen molar-refractivity contribution in [1.82, 2.24) is 30.0 Å². The minimum absolute atomic E-state index is 0.0161. The predicted octanol–water partition coefficient (Wildman–Crippen LogP) is 3.87. The number of aliphatic hydroxyl groups is 1. The van der Waals surface area contributed by atoms with Crippen LogP contribution in [0.25, 0.3) is 0 Å². The molecule has 2 atom stereocenters. The Bertz CT molecular complexity index is 1320. The van der Waals surface area contributed by atoms with Crippen LogP contribution in [0.3, 0.4) is 0 Å². The summed E-state index contributed by atoms with van der Waals surface area (Å²) in [6.07, 6.45) is 2.92. The molecular formula is C26H32ClFN8O2. The van der Waals surface area contributed by atoms with Gasteiger partial charge in [-0.1, -0.05) is 11.6 Å². The van der Waals surface area contributed by atoms with Crippen LogP contribution in [0, 0.1) is 19.7 Å². The lowest BCUT2D eigenvalue weighted by Gasteiger charge is -2.36. The molecule has 4 heterocycles. The number of H-pyrrole nitrogens is 1. The van der Waals surface area contributed by atoms with E-state index in [-0.39, 0.29) is 23.5 Å². The molecule has 2 aliphatic rings. The van der Waals surface area contributed by atoms with Crippen molar-refractivity contribution >= 4 is 40.8 Å². The molecule has 38 heavy (non-hydrogen) atoms. The largest absolute Gasteiger partial charge is 0.391 e. The number of aryl methyl sites for hydroxylation is 2. The fourth-order valence-electron chi connectivity index (χ4n) is 5.35. The van der Waals surface area contributed by atoms with Gasteiger partial charge in [0.25, 0.3) is 0 Å². The van der Waals surface area contributed by atoms with E-state index in [1.807, 2.05) is 36.8 Å². The number of aromatic nitrogens is 4. The van der Waals surface area contributed by atoms with Gasteiger partial charge in [-0.05, 0) is 69.3 Å². The van der Waals surface area contributed by atoms with Crippen LogP contribution < -0.4 is 10.6 Å². The fraction of sp³-hybridized carbons (Fsp3) is 0.462. The van der Waals surface area contributed by atoms with Crippen molar-refractivity contribution in [3.63, 3.8) is 0 Å². The van der Waals surface area contributed by atoms with Gasteiger partial charge in [0.2, 0.25) is 11.9 Å². The molecule has 1 amide bonds. The minimum atomic E-state index is -0.618. The predicted molar refractivity (Wildman–Crippen MR) is 144 cm³/mol. The van der Waals surface area contributed by atoms with Crippen molar-refractivity contribution < 1.29 is 14.3 Å². The second kappa shape index (κ2) is 10.8. The summed E-state index contributed by atoms with van der Waals surface area (Å²) in [5.74, 6) is 0.824. The highest BCUT2D eigenvalue weighted by molar-refractivity contribution is 6.32. The molecule has 2 fully saturated rings. The topological polar surface area (TPSA) is 122 Å². The second-order valence-electron chi connectivity index (χ2n) is 10.1. The Hall–Kier alpha value is -3.28. The molecular weight excluding hydrogens is 511 g/mol. The van der Waals surface area contributed by atoms with E-state index in [4.69, 9.17) is 11.6 Å². The molecule has 0 saturated carbocycles. The highest BCUT2D eigenvalue weighted by Gasteiger charge is 2.39. The number of hydrogen-bond donors (Lipinski definition) is 4. The van der Waals surface area contributed by atoms with Gasteiger partial charge in [0.15, 0.2) is 11.6 Å². The number of carbonyl (C=O) groups excluding carboxylic acids is 1. The van der Waals surface area contributed by atoms with Crippen LogP contribution in [0.15, 0.2) is 24.4 Å². The van der Waals surface area contributed by atoms with Crippen molar-refractivity contribution in [1.29, 1.82) is 0 Å². The third kappa shape index (κ3) is 5.45. The second-order valence-corrected chi connectivity index (χ2v) is 10.6. The third-order valence-electron chi connectivity index (χ3n) is 7.42. The Kier molecular flexibility index (Phi) is 7.51. The summed E-state index contributed by atoms with van der Waals surface area (Å²) in [7, 11) is 1.87. The van der Waals surface area contributed by atoms with Crippen LogP contribution in [-0.4, -0.2) is 79.8 Å². The number of aliphatic hydroxyl groups excluding tert-OH is 1. The summed E-state index contributed by atoms with van der Waals surface area (Å²) >= 11 is 6.23. The standard InChI is InChI=1S/C26H32ClFN8O2/c1-14-10-20(30-26-29-13-18(27)24(32-26)31-22-11-15(2)33-34-22)19(28)12-17(14)16-4-8-36(9-5-16)25(38)23-21(37)6-7-35(23)3/h10-13,16,21,23,37H,4-9H2,1-3H3,(H3,29,30,31,32,33,34)/t21-,23-/m0/s1. The molecule has 0 radical (unpaired) electrons. The zero-order valence-electron chi connectivity index (χ0n) is 21.6. The molecule has 1 aromatic carbocycles. The highest BCUT2D eigenvalue weighted by Crippen LogP contribution is 2.34. The first-order valence-corrected chi connectivity index (χ1v) is 13.1. The molecule has 10 nitrogen and oxygen atoms in total. The van der Waals surface area contributed by atoms with E-state index in [0.29, 0.717) is 36.2 Å². The zero-order valence-corrected chi connectivity index (χ0v) is 22.4. The molecule has 202 valence electrons. The Morgan fingerprint density at radius 3 is 2.58 bits per heavy atom. The van der Waals surface area contributed by atoms with E-state index in [1.54, 1.807) is 12.1 Å². The molecule has 0 bridgehead atoms. The molecule has 2 aliphatic heterocycles. The normalized spacial score (nSPS) is 20.6. The van der Waals surface area contributed by atoms with Crippen LogP contribution >= 0.6 is 11.6 Å². The fourth-order valence-corrected chi connectivity index (χ4v) is 5.49. The molecule has 2 saturated heterocycles. The molecule has 0 spiro atoms. The molecule has 3 aromatic rings. The Labute approximate surface area is 225 Å². The van der Waals surface area contributed by atoms with Gasteiger partial charge >= 0.3 is 0 Å². The highest BCUT2D eigenvalue weighted by atomic mass is 35.5. The number of anilines is 4. The van der Waals surface area contributed by atoms with Gasteiger partial charge in [-0.15, -0.1) is 0 Å². The van der Waals surface area contributed by atoms with Gasteiger partial charge in [-0.3, -0.25) is 14.8 Å². The van der Waals surface area contributed by atoms with Crippen LogP contribution in [-0.2, 0) is 4.79 Å². The van der Waals surface area contributed by atoms with Gasteiger partial charge in [0.05, 0.1) is 18.0 Å². The van der Waals surface area contributed by atoms with E-state index in [2.05, 4.69) is 30.8 Å². The Balaban J connectivity index is 1.25. The van der Waals surface area contributed by atoms with Crippen molar-refractivity contribution in [2.24, 2.45) is 0 Å². The number of nitrogens with one attached hydrogen (secondary N) is 3. The van der Waals surface area contributed by atoms with Crippen LogP contribution in [0.4, 0.5) is 27.7 Å². The number of aromatic amines is 1. The van der Waals surface area contributed by atoms with E-state index < -0.39 is 18.0 Å². The lowest BCUT2D eigenvalue weighted by atomic mass is 9.86. The molecule has 5 rings (SSSR count). The molecule has 0 aliphatic carbocycles. The summed E-state index contributed by atoms with van der Waals surface area (Å²) in [5, 5.41) is 23.5. The Morgan fingerprint density at radius 2 is 1.92 bits per heavy atom. The average Bonchev–Trinajstić information content (AvgIpc) is 3.46. The average molecular weight is 543 g/mol. The molecule has 0 unspecified atom stereocenters. The number of amides is 1. The lowest BCUT2D eigenvalue weighted by Crippen LogP contribution is -2.50. The van der Waals surface area contributed by atoms with Crippen molar-refractivity contribution in [3.8, 4) is 0 Å². The maximum Gasteiger partial charge on any atom is 0.242 e. The lowest BCUT2D eigenvalue weighted by molar-refractivity contribution is -0.139. The number of nitrogens with zero attached hydrogens (tertiary/aromatic N) is 5. The molecule has 12 heteroatoms. The van der Waals surface area contributed by atoms with E-state index >= 15 is 4.39 Å². The quantitative estimate of drug-likeness (QED) is 0.370. The number of benzene rings is 1. The summed E-state index contributed by atoms with van der Waals surface area (Å²) in [4.78, 5) is 25.3. The van der Waals surface area contributed by atoms with Crippen LogP contribution in [0.1, 0.15) is 42.0 Å². The molecule has 2 aromatic heterocycles. The first-order chi connectivity index (χ1) is 18.2. The third-order valence-corrected chi connectivity index (χ3v) is 7.69. The monoisotopic (exact) mass is 542 g/mol.